The fourth-order valence-corrected chi connectivity index (χ4v) is 2.00. The summed E-state index contributed by atoms with van der Waals surface area (Å²) in [5, 5.41) is -1.00. The van der Waals surface area contributed by atoms with E-state index in [-0.39, 0.29) is 13.0 Å². The van der Waals surface area contributed by atoms with Gasteiger partial charge in [-0.05, 0) is 6.92 Å². The first kappa shape index (κ1) is 16.0. The smallest absolute Gasteiger partial charge is 0.311 e. The zero-order chi connectivity index (χ0) is 16.6. The Labute approximate surface area is 121 Å². The number of halogens is 4. The van der Waals surface area contributed by atoms with E-state index in [2.05, 4.69) is 0 Å². The second kappa shape index (κ2) is 5.78. The summed E-state index contributed by atoms with van der Waals surface area (Å²) in [4.78, 5) is 23.4. The molecule has 0 amide bonds. The Balaban J connectivity index is 2.94. The quantitative estimate of drug-likeness (QED) is 0.378. The van der Waals surface area contributed by atoms with Gasteiger partial charge in [0.2, 0.25) is 5.43 Å². The van der Waals surface area contributed by atoms with Gasteiger partial charge < -0.3 is 9.30 Å². The van der Waals surface area contributed by atoms with Crippen LogP contribution in [0.15, 0.2) is 11.0 Å². The number of fused-ring (bicyclic) bond motifs is 1. The second-order valence-corrected chi connectivity index (χ2v) is 4.42. The molecule has 0 unspecified atom stereocenters. The molecule has 2 aromatic rings. The number of carbonyl (C=O) groups excluding carboxylic acids is 1. The van der Waals surface area contributed by atoms with Crippen LogP contribution in [0.25, 0.3) is 10.9 Å². The minimum Gasteiger partial charge on any atom is -0.421 e. The Hall–Kier alpha value is -2.38. The van der Waals surface area contributed by atoms with Gasteiger partial charge in [0.15, 0.2) is 29.0 Å². The first-order valence-corrected chi connectivity index (χ1v) is 6.43. The van der Waals surface area contributed by atoms with E-state index in [9.17, 15) is 27.2 Å². The monoisotopic (exact) mass is 317 g/mol. The van der Waals surface area contributed by atoms with Crippen molar-refractivity contribution in [1.29, 1.82) is 0 Å². The third-order valence-corrected chi connectivity index (χ3v) is 3.11. The van der Waals surface area contributed by atoms with Gasteiger partial charge in [-0.3, -0.25) is 9.59 Å². The molecule has 0 spiro atoms. The predicted octanol–water partition coefficient (Wildman–Crippen LogP) is 2.89. The number of rotatable bonds is 3. The summed E-state index contributed by atoms with van der Waals surface area (Å²) in [5.41, 5.74) is -1.95. The van der Waals surface area contributed by atoms with Crippen LogP contribution in [0.3, 0.4) is 0 Å². The largest absolute Gasteiger partial charge is 0.421 e. The molecule has 0 saturated carbocycles. The third-order valence-electron chi connectivity index (χ3n) is 3.11. The molecule has 0 N–H and O–H groups in total. The van der Waals surface area contributed by atoms with Crippen molar-refractivity contribution in [2.75, 3.05) is 0 Å². The zero-order valence-electron chi connectivity index (χ0n) is 11.7. The Kier molecular flexibility index (Phi) is 4.20. The summed E-state index contributed by atoms with van der Waals surface area (Å²) in [7, 11) is 0. The molecule has 1 heterocycles. The molecule has 1 aromatic heterocycles. The maximum absolute atomic E-state index is 13.9. The molecule has 0 atom stereocenters. The van der Waals surface area contributed by atoms with E-state index in [1.165, 1.54) is 13.8 Å². The summed E-state index contributed by atoms with van der Waals surface area (Å²) in [5.74, 6) is -8.96. The number of pyridine rings is 1. The summed E-state index contributed by atoms with van der Waals surface area (Å²) < 4.78 is 60.2. The SMILES string of the molecule is CCC(=O)Oc1cn(CC)c2c(F)c(F)c(F)c(F)c2c1=O. The van der Waals surface area contributed by atoms with Crippen LogP contribution in [-0.4, -0.2) is 10.5 Å². The highest BCUT2D eigenvalue weighted by Crippen LogP contribution is 2.26. The van der Waals surface area contributed by atoms with Crippen LogP contribution in [0.4, 0.5) is 17.6 Å². The Morgan fingerprint density at radius 1 is 1.09 bits per heavy atom. The Bertz CT molecular complexity index is 829. The predicted molar refractivity (Wildman–Crippen MR) is 69.6 cm³/mol. The van der Waals surface area contributed by atoms with Crippen LogP contribution in [-0.2, 0) is 11.3 Å². The lowest BCUT2D eigenvalue weighted by molar-refractivity contribution is -0.134. The fourth-order valence-electron chi connectivity index (χ4n) is 2.00. The van der Waals surface area contributed by atoms with Crippen molar-refractivity contribution in [1.82, 2.24) is 4.57 Å². The van der Waals surface area contributed by atoms with Gasteiger partial charge in [0.1, 0.15) is 0 Å². The second-order valence-electron chi connectivity index (χ2n) is 4.42. The van der Waals surface area contributed by atoms with Crippen molar-refractivity contribution in [2.45, 2.75) is 26.8 Å². The number of esters is 1. The van der Waals surface area contributed by atoms with Gasteiger partial charge in [0, 0.05) is 13.0 Å². The maximum Gasteiger partial charge on any atom is 0.311 e. The molecule has 2 rings (SSSR count). The van der Waals surface area contributed by atoms with E-state index in [0.717, 1.165) is 10.8 Å². The zero-order valence-corrected chi connectivity index (χ0v) is 11.7. The van der Waals surface area contributed by atoms with Crippen molar-refractivity contribution < 1.29 is 27.1 Å². The van der Waals surface area contributed by atoms with E-state index in [4.69, 9.17) is 4.74 Å². The van der Waals surface area contributed by atoms with Crippen LogP contribution < -0.4 is 10.2 Å². The van der Waals surface area contributed by atoms with E-state index in [0.29, 0.717) is 0 Å². The van der Waals surface area contributed by atoms with Gasteiger partial charge in [0.25, 0.3) is 0 Å². The molecule has 1 aromatic carbocycles. The first-order chi connectivity index (χ1) is 10.3. The van der Waals surface area contributed by atoms with Crippen LogP contribution in [0.2, 0.25) is 0 Å². The van der Waals surface area contributed by atoms with Crippen molar-refractivity contribution in [3.05, 3.63) is 39.7 Å². The van der Waals surface area contributed by atoms with Gasteiger partial charge >= 0.3 is 5.97 Å². The number of carbonyl (C=O) groups is 1. The lowest BCUT2D eigenvalue weighted by atomic mass is 10.1. The van der Waals surface area contributed by atoms with Gasteiger partial charge in [0.05, 0.1) is 17.1 Å². The van der Waals surface area contributed by atoms with Gasteiger partial charge in [-0.1, -0.05) is 6.92 Å². The topological polar surface area (TPSA) is 48.3 Å². The number of benzene rings is 1. The molecular weight excluding hydrogens is 306 g/mol. The molecule has 0 bridgehead atoms. The molecule has 0 aliphatic carbocycles. The lowest BCUT2D eigenvalue weighted by Gasteiger charge is -2.13. The molecular formula is C14H11F4NO3. The highest BCUT2D eigenvalue weighted by atomic mass is 19.2. The van der Waals surface area contributed by atoms with Gasteiger partial charge in [-0.2, -0.15) is 0 Å². The average molecular weight is 317 g/mol. The fraction of sp³-hybridized carbons (Fsp3) is 0.286. The molecule has 4 nitrogen and oxygen atoms in total. The van der Waals surface area contributed by atoms with E-state index in [1.54, 1.807) is 0 Å². The summed E-state index contributed by atoms with van der Waals surface area (Å²) in [6, 6.07) is 0. The standard InChI is InChI=1S/C14H11F4NO3/c1-3-7(20)22-6-5-19(4-2)13-8(14(6)21)9(15)10(16)11(17)12(13)18/h5H,3-4H2,1-2H3. The molecule has 118 valence electrons. The van der Waals surface area contributed by atoms with Gasteiger partial charge in [-0.15, -0.1) is 0 Å². The van der Waals surface area contributed by atoms with Crippen LogP contribution >= 0.6 is 0 Å². The van der Waals surface area contributed by atoms with Crippen LogP contribution in [0.1, 0.15) is 20.3 Å². The van der Waals surface area contributed by atoms with Crippen molar-refractivity contribution in [2.24, 2.45) is 0 Å². The number of nitrogens with zero attached hydrogens (tertiary/aromatic N) is 1. The number of hydrogen-bond acceptors (Lipinski definition) is 3. The Morgan fingerprint density at radius 3 is 2.23 bits per heavy atom. The number of hydrogen-bond donors (Lipinski definition) is 0. The summed E-state index contributed by atoms with van der Waals surface area (Å²) in [6.07, 6.45) is 0.899. The first-order valence-electron chi connectivity index (χ1n) is 6.43. The minimum atomic E-state index is -2.09. The molecule has 8 heteroatoms. The average Bonchev–Trinajstić information content (AvgIpc) is 2.51. The molecule has 0 saturated heterocycles. The number of aryl methyl sites for hydroxylation is 1. The van der Waals surface area contributed by atoms with Gasteiger partial charge in [-0.25, -0.2) is 17.6 Å². The normalized spacial score (nSPS) is 11.0. The highest BCUT2D eigenvalue weighted by molar-refractivity contribution is 5.83. The summed E-state index contributed by atoms with van der Waals surface area (Å²) in [6.45, 7) is 2.99. The van der Waals surface area contributed by atoms with E-state index in [1.807, 2.05) is 0 Å². The summed E-state index contributed by atoms with van der Waals surface area (Å²) >= 11 is 0. The number of ether oxygens (including phenoxy) is 1. The molecule has 0 fully saturated rings. The third kappa shape index (κ3) is 2.34. The lowest BCUT2D eigenvalue weighted by Crippen LogP contribution is -2.19. The number of aromatic nitrogens is 1. The van der Waals surface area contributed by atoms with Crippen LogP contribution in [0.5, 0.6) is 5.75 Å². The highest BCUT2D eigenvalue weighted by Gasteiger charge is 2.26. The molecule has 0 aliphatic rings. The molecule has 0 aliphatic heterocycles. The van der Waals surface area contributed by atoms with Crippen molar-refractivity contribution >= 4 is 16.9 Å². The maximum atomic E-state index is 13.9. The van der Waals surface area contributed by atoms with Crippen molar-refractivity contribution in [3.8, 4) is 5.75 Å². The van der Waals surface area contributed by atoms with E-state index < -0.39 is 51.3 Å². The van der Waals surface area contributed by atoms with E-state index >= 15 is 0 Å². The minimum absolute atomic E-state index is 0.00882. The molecule has 0 radical (unpaired) electrons. The molecule has 22 heavy (non-hydrogen) atoms. The Morgan fingerprint density at radius 2 is 1.68 bits per heavy atom. The van der Waals surface area contributed by atoms with Crippen LogP contribution in [0, 0.1) is 23.3 Å². The van der Waals surface area contributed by atoms with Crippen molar-refractivity contribution in [3.63, 3.8) is 0 Å².